The molecule has 0 fully saturated rings. The number of imide groups is 2. The third kappa shape index (κ3) is 51.7. The minimum atomic E-state index is -4.69. The molecule has 0 radical (unpaired) electrons. The minimum absolute atomic E-state index is 0. The number of Topliss-reactive ketones (excluding diaryl/α,β-unsaturated/α-hetero) is 1. The van der Waals surface area contributed by atoms with Crippen molar-refractivity contribution >= 4 is 62.1 Å². The molecule has 2 aromatic carbocycles. The van der Waals surface area contributed by atoms with Crippen LogP contribution in [0.15, 0.2) is 53.4 Å². The predicted molar refractivity (Wildman–Crippen MR) is 263 cm³/mol. The van der Waals surface area contributed by atoms with Gasteiger partial charge < -0.3 is 41.9 Å². The smallest absolute Gasteiger partial charge is 0.269 e. The van der Waals surface area contributed by atoms with Crippen molar-refractivity contribution in [2.24, 2.45) is 10.6 Å². The van der Waals surface area contributed by atoms with Crippen LogP contribution in [0.2, 0.25) is 0 Å². The number of aliphatic hydroxyl groups excluding tert-OH is 4. The Labute approximate surface area is 436 Å². The monoisotopic (exact) mass is 1150 g/mol. The van der Waals surface area contributed by atoms with Crippen LogP contribution in [0.3, 0.4) is 0 Å². The van der Waals surface area contributed by atoms with E-state index in [1.165, 1.54) is 60.6 Å². The van der Waals surface area contributed by atoms with E-state index in [2.05, 4.69) is 39.5 Å². The molecule has 0 aliphatic carbocycles. The molecule has 2 heterocycles. The van der Waals surface area contributed by atoms with Gasteiger partial charge in [0, 0.05) is 27.2 Å². The summed E-state index contributed by atoms with van der Waals surface area (Å²) in [5, 5.41) is 40.3. The first-order valence-corrected chi connectivity index (χ1v) is 19.8. The van der Waals surface area contributed by atoms with Gasteiger partial charge in [0.2, 0.25) is 5.78 Å². The van der Waals surface area contributed by atoms with Gasteiger partial charge in [0.05, 0.1) is 28.8 Å². The van der Waals surface area contributed by atoms with E-state index in [4.69, 9.17) is 43.7 Å². The fraction of sp³-hybridized carbons (Fsp3) is 0.513. The molecule has 2 aliphatic rings. The first kappa shape index (κ1) is 89.0. The Balaban J connectivity index is -0.0000000711. The average molecular weight is 1150 g/mol. The van der Waals surface area contributed by atoms with Crippen LogP contribution in [-0.4, -0.2) is 205 Å². The molecule has 2 aromatic rings. The number of halogens is 11. The second kappa shape index (κ2) is 59.3. The predicted octanol–water partition coefficient (Wildman–Crippen LogP) is 2.72. The van der Waals surface area contributed by atoms with E-state index in [1.54, 1.807) is 86.7 Å². The Morgan fingerprint density at radius 2 is 1.15 bits per heavy atom. The number of likely N-dealkylation sites (N-methyl/N-ethyl adjacent to an activating group) is 3. The summed E-state index contributed by atoms with van der Waals surface area (Å²) in [5.41, 5.74) is 6.45. The van der Waals surface area contributed by atoms with Gasteiger partial charge in [-0.15, -0.1) is 0 Å². The number of rotatable bonds is 7. The number of carbonyl (C=O) groups is 5. The zero-order valence-corrected chi connectivity index (χ0v) is 43.6. The SMILES string of the molecule is C.CN.CN(C)CC(O)C(F)(F)F.CN1C(=O)c2ccccc2C1=O.CN=BOC.CNC.CNCC(=O)C(F)(F)F.CNCC(O)C(F)(F)F.CO.O=BC#CO.O=C1NC(=O)c2ccccc21.O=P.O=P.[3H]F.[3H]F. The van der Waals surface area contributed by atoms with E-state index in [-0.39, 0.29) is 37.6 Å². The van der Waals surface area contributed by atoms with Crippen LogP contribution >= 0.6 is 18.2 Å². The van der Waals surface area contributed by atoms with Gasteiger partial charge in [-0.3, -0.25) is 52.8 Å². The van der Waals surface area contributed by atoms with Crippen molar-refractivity contribution in [1.82, 2.24) is 31.1 Å². The minimum Gasteiger partial charge on any atom is -0.288 e. The van der Waals surface area contributed by atoms with Crippen LogP contribution in [-0.2, 0) is 23.3 Å². The Kier molecular flexibility index (Phi) is 70.3. The van der Waals surface area contributed by atoms with Gasteiger partial charge in [-0.25, -0.2) is 0 Å². The van der Waals surface area contributed by atoms with Crippen LogP contribution in [0.4, 0.5) is 48.9 Å². The van der Waals surface area contributed by atoms with Crippen LogP contribution in [0.25, 0.3) is 0 Å². The van der Waals surface area contributed by atoms with E-state index < -0.39 is 49.6 Å². The molecule has 75 heavy (non-hydrogen) atoms. The molecule has 4 rings (SSSR count). The van der Waals surface area contributed by atoms with E-state index >= 15 is 0 Å². The molecule has 0 aromatic heterocycles. The maximum Gasteiger partial charge on any atom is 0.269 e. The summed E-state index contributed by atoms with van der Waals surface area (Å²) in [6.07, 6.45) is -16.8. The van der Waals surface area contributed by atoms with Crippen molar-refractivity contribution in [3.8, 4) is 11.9 Å². The molecular formula is C39H67B2F11N8O13P2. The van der Waals surface area contributed by atoms with Crippen molar-refractivity contribution in [3.63, 3.8) is 0 Å². The molecule has 2 atom stereocenters. The average Bonchev–Trinajstić information content (AvgIpc) is 3.81. The molecular weight excluding hydrogens is 1080 g/mol. The number of nitrogens with one attached hydrogen (secondary N) is 4. The molecule has 2 unspecified atom stereocenters. The number of benzene rings is 2. The van der Waals surface area contributed by atoms with Gasteiger partial charge in [-0.05, 0) is 73.6 Å². The first-order chi connectivity index (χ1) is 35.5. The molecule has 434 valence electrons. The number of fused-ring (bicyclic) bond motifs is 2. The molecule has 21 nitrogen and oxygen atoms in total. The second-order valence-electron chi connectivity index (χ2n) is 11.9. The third-order valence-electron chi connectivity index (χ3n) is 6.32. The van der Waals surface area contributed by atoms with Crippen molar-refractivity contribution < 1.29 is 112 Å². The van der Waals surface area contributed by atoms with Gasteiger partial charge in [0.25, 0.3) is 26.5 Å². The summed E-state index contributed by atoms with van der Waals surface area (Å²) in [6, 6.07) is 13.6. The molecule has 36 heteroatoms. The summed E-state index contributed by atoms with van der Waals surface area (Å²) in [4.78, 5) is 60.3. The summed E-state index contributed by atoms with van der Waals surface area (Å²) < 4.78 is 158. The summed E-state index contributed by atoms with van der Waals surface area (Å²) in [5.74, 6) is -1.03. The summed E-state index contributed by atoms with van der Waals surface area (Å²) >= 11 is 0. The largest absolute Gasteiger partial charge is 0.288 e. The summed E-state index contributed by atoms with van der Waals surface area (Å²) in [7, 11) is 21.7. The van der Waals surface area contributed by atoms with E-state index in [9.17, 15) is 63.5 Å². The van der Waals surface area contributed by atoms with E-state index in [0.29, 0.717) is 29.4 Å². The fourth-order valence-electron chi connectivity index (χ4n) is 3.58. The number of nitrogens with two attached hydrogens (primary N) is 1. The Hall–Kier alpha value is -5.61. The van der Waals surface area contributed by atoms with Gasteiger partial charge in [0.1, 0.15) is 18.2 Å². The molecule has 2 aliphatic heterocycles. The number of ketones is 1. The molecule has 0 saturated carbocycles. The van der Waals surface area contributed by atoms with Crippen LogP contribution < -0.4 is 27.0 Å². The van der Waals surface area contributed by atoms with Crippen molar-refractivity contribution in [2.45, 2.75) is 38.2 Å². The fourth-order valence-corrected chi connectivity index (χ4v) is 3.58. The quantitative estimate of drug-likeness (QED) is 0.0633. The maximum atomic E-state index is 11.5. The van der Waals surface area contributed by atoms with Crippen LogP contribution in [0.5, 0.6) is 0 Å². The zero-order valence-electron chi connectivity index (χ0n) is 43.6. The Morgan fingerprint density at radius 3 is 1.31 bits per heavy atom. The zero-order chi connectivity index (χ0) is 62.9. The van der Waals surface area contributed by atoms with Crippen molar-refractivity contribution in [3.05, 3.63) is 70.8 Å². The van der Waals surface area contributed by atoms with Gasteiger partial charge >= 0.3 is 78.4 Å². The Bertz CT molecular complexity index is 1820. The van der Waals surface area contributed by atoms with Crippen LogP contribution in [0.1, 0.15) is 48.9 Å². The van der Waals surface area contributed by atoms with Crippen LogP contribution in [0, 0.1) is 11.9 Å². The van der Waals surface area contributed by atoms with Gasteiger partial charge in [-0.1, -0.05) is 31.7 Å². The normalized spacial score (nSPS) is 11.4. The number of amides is 4. The topological polar surface area (TPSA) is 320 Å². The molecule has 0 bridgehead atoms. The van der Waals surface area contributed by atoms with Crippen molar-refractivity contribution in [1.29, 1.82) is 2.90 Å². The van der Waals surface area contributed by atoms with E-state index in [0.717, 1.165) is 12.0 Å². The third-order valence-corrected chi connectivity index (χ3v) is 6.32. The number of hydrogen-bond donors (Lipinski definition) is 9. The first-order valence-electron chi connectivity index (χ1n) is 19.7. The number of hydrogen-bond acceptors (Lipinski definition) is 19. The Morgan fingerprint density at radius 1 is 0.813 bits per heavy atom. The van der Waals surface area contributed by atoms with Gasteiger partial charge in [-0.2, -0.15) is 39.5 Å². The summed E-state index contributed by atoms with van der Waals surface area (Å²) in [6.45, 7) is -1.49. The molecule has 4 amide bonds. The number of alkyl halides is 9. The van der Waals surface area contributed by atoms with E-state index in [1.807, 2.05) is 14.1 Å². The van der Waals surface area contributed by atoms with Gasteiger partial charge in [0.15, 0.2) is 12.2 Å². The molecule has 10 N–H and O–H groups in total. The van der Waals surface area contributed by atoms with Crippen molar-refractivity contribution in [2.75, 3.05) is 97.3 Å². The number of nitrogens with zero attached hydrogens (tertiary/aromatic N) is 3. The molecule has 0 saturated heterocycles. The maximum absolute atomic E-state index is 11.5. The number of aliphatic hydroxyl groups is 4. The number of carbonyl (C=O) groups excluding carboxylic acids is 5. The molecule has 0 spiro atoms. The standard InChI is InChI=1S/C9H7NO2.C8H5NO2.C5H10F3NO.C4H8F3NO.C4H6F3NO.C2H6BNO.C2HBO2.C2H7N.CH5N.CH4O.CH4.2FH.2HOP/c1-10-8(11)6-4-2-3-5-7(6)9(10)12;10-7-5-3-1-2-4-6(5)8(11)9-7;1-9(2)3-4(10)5(6,7)8;2*1-8-2-3(9)4(5,6)7;1-4-3-5-2;4-2-1-3-5;1-3-2;2*1-2;;;;2*1-2/h2-5H,1H3;1-4H,(H,9,10,11);4,10H,3H2,1-2H3;3,8-9H,2H2,1H3;8H,2H2,1H3;1-2H3;4H;3H,1-2H3;2H2,1H3;2H,1H3;1H4;2*1H;2*2H/i/hT2. The second-order valence-corrected chi connectivity index (χ2v) is 11.9.